The summed E-state index contributed by atoms with van der Waals surface area (Å²) in [5.74, 6) is -1.26. The number of fused-ring (bicyclic) bond motifs is 4. The lowest BCUT2D eigenvalue weighted by molar-refractivity contribution is -0.192. The summed E-state index contributed by atoms with van der Waals surface area (Å²) in [6.07, 6.45) is 5.50. The minimum absolute atomic E-state index is 0.0566. The van der Waals surface area contributed by atoms with Crippen LogP contribution < -0.4 is 4.90 Å². The molecule has 0 radical (unpaired) electrons. The summed E-state index contributed by atoms with van der Waals surface area (Å²) in [5, 5.41) is 7.12. The van der Waals surface area contributed by atoms with Crippen LogP contribution in [0.5, 0.6) is 0 Å². The van der Waals surface area contributed by atoms with Crippen molar-refractivity contribution >= 4 is 17.6 Å². The third-order valence-corrected chi connectivity index (χ3v) is 6.52. The molecular weight excluding hydrogens is 489 g/mol. The van der Waals surface area contributed by atoms with Gasteiger partial charge in [-0.2, -0.15) is 13.2 Å². The number of halogens is 3. The lowest BCUT2D eigenvalue weighted by Gasteiger charge is -2.47. The summed E-state index contributed by atoms with van der Waals surface area (Å²) in [4.78, 5) is 39.4. The average Bonchev–Trinajstić information content (AvgIpc) is 3.53. The van der Waals surface area contributed by atoms with Crippen LogP contribution >= 0.6 is 0 Å². The molecule has 1 fully saturated rings. The van der Waals surface area contributed by atoms with Crippen LogP contribution in [0.2, 0.25) is 0 Å². The van der Waals surface area contributed by atoms with Crippen LogP contribution in [0, 0.1) is 5.92 Å². The molecule has 0 aliphatic carbocycles. The molecule has 1 atom stereocenters. The van der Waals surface area contributed by atoms with E-state index in [0.29, 0.717) is 24.7 Å². The van der Waals surface area contributed by atoms with E-state index in [-0.39, 0.29) is 11.4 Å². The van der Waals surface area contributed by atoms with E-state index in [2.05, 4.69) is 62.7 Å². The van der Waals surface area contributed by atoms with Crippen molar-refractivity contribution in [3.8, 4) is 5.82 Å². The number of carbonyl (C=O) groups excluding carboxylic acids is 1. The van der Waals surface area contributed by atoms with E-state index in [1.807, 2.05) is 17.2 Å². The van der Waals surface area contributed by atoms with Gasteiger partial charge in [-0.05, 0) is 43.0 Å². The zero-order chi connectivity index (χ0) is 26.8. The number of nitrogens with zero attached hydrogens (tertiary/aromatic N) is 6. The first-order valence-corrected chi connectivity index (χ1v) is 11.8. The number of hydrogen-bond donors (Lipinski definition) is 1. The fourth-order valence-electron chi connectivity index (χ4n) is 4.79. The SMILES string of the molecule is CC(C)CCN1c2cccnc2-n2cccc2C12CCN(C(=O)c1cnccn1)C2.O=C(O)C(F)(F)F. The molecule has 1 saturated heterocycles. The molecule has 1 amide bonds. The lowest BCUT2D eigenvalue weighted by atomic mass is 9.88. The van der Waals surface area contributed by atoms with Crippen molar-refractivity contribution in [2.45, 2.75) is 38.4 Å². The van der Waals surface area contributed by atoms with Gasteiger partial charge < -0.3 is 19.5 Å². The van der Waals surface area contributed by atoms with E-state index < -0.39 is 12.1 Å². The number of aromatic nitrogens is 4. The Morgan fingerprint density at radius 3 is 2.54 bits per heavy atom. The number of carbonyl (C=O) groups is 2. The monoisotopic (exact) mass is 516 g/mol. The molecule has 5 rings (SSSR count). The van der Waals surface area contributed by atoms with E-state index in [4.69, 9.17) is 9.90 Å². The third-order valence-electron chi connectivity index (χ3n) is 6.52. The molecule has 0 saturated carbocycles. The second kappa shape index (κ2) is 10.2. The molecule has 2 aliphatic rings. The van der Waals surface area contributed by atoms with E-state index in [1.54, 1.807) is 18.6 Å². The second-order valence-electron chi connectivity index (χ2n) is 9.35. The molecular formula is C25H27F3N6O3. The minimum atomic E-state index is -5.08. The Kier molecular flexibility index (Phi) is 7.19. The number of rotatable bonds is 4. The van der Waals surface area contributed by atoms with Gasteiger partial charge in [0.25, 0.3) is 5.91 Å². The van der Waals surface area contributed by atoms with Gasteiger partial charge in [0, 0.05) is 44.4 Å². The van der Waals surface area contributed by atoms with Crippen LogP contribution in [0.1, 0.15) is 42.9 Å². The first kappa shape index (κ1) is 26.1. The highest BCUT2D eigenvalue weighted by Gasteiger charge is 2.50. The van der Waals surface area contributed by atoms with Gasteiger partial charge in [-0.3, -0.25) is 9.78 Å². The Morgan fingerprint density at radius 1 is 1.14 bits per heavy atom. The zero-order valence-corrected chi connectivity index (χ0v) is 20.4. The molecule has 1 spiro atoms. The smallest absolute Gasteiger partial charge is 0.475 e. The van der Waals surface area contributed by atoms with Gasteiger partial charge in [0.05, 0.1) is 17.6 Å². The Hall–Kier alpha value is -3.96. The summed E-state index contributed by atoms with van der Waals surface area (Å²) in [5.41, 5.74) is 2.46. The van der Waals surface area contributed by atoms with Gasteiger partial charge in [-0.1, -0.05) is 13.8 Å². The summed E-state index contributed by atoms with van der Waals surface area (Å²) in [6.45, 7) is 6.74. The summed E-state index contributed by atoms with van der Waals surface area (Å²) < 4.78 is 33.9. The van der Waals surface area contributed by atoms with Gasteiger partial charge in [0.15, 0.2) is 5.82 Å². The number of alkyl halides is 3. The Balaban J connectivity index is 0.000000405. The van der Waals surface area contributed by atoms with Gasteiger partial charge in [-0.25, -0.2) is 14.8 Å². The zero-order valence-electron chi connectivity index (χ0n) is 20.4. The van der Waals surface area contributed by atoms with Crippen LogP contribution in [0.25, 0.3) is 5.82 Å². The van der Waals surface area contributed by atoms with Gasteiger partial charge >= 0.3 is 12.1 Å². The number of aliphatic carboxylic acids is 1. The number of carboxylic acids is 1. The van der Waals surface area contributed by atoms with E-state index in [1.165, 1.54) is 5.69 Å². The Bertz CT molecular complexity index is 1260. The van der Waals surface area contributed by atoms with Crippen LogP contribution in [-0.2, 0) is 10.3 Å². The van der Waals surface area contributed by atoms with Crippen LogP contribution in [0.3, 0.4) is 0 Å². The maximum Gasteiger partial charge on any atom is 0.490 e. The molecule has 2 aliphatic heterocycles. The first-order valence-electron chi connectivity index (χ1n) is 11.8. The Labute approximate surface area is 211 Å². The largest absolute Gasteiger partial charge is 0.490 e. The van der Waals surface area contributed by atoms with Crippen molar-refractivity contribution < 1.29 is 27.9 Å². The van der Waals surface area contributed by atoms with Crippen molar-refractivity contribution in [2.75, 3.05) is 24.5 Å². The highest BCUT2D eigenvalue weighted by atomic mass is 19.4. The van der Waals surface area contributed by atoms with Crippen LogP contribution in [0.4, 0.5) is 18.9 Å². The van der Waals surface area contributed by atoms with E-state index in [0.717, 1.165) is 30.9 Å². The molecule has 37 heavy (non-hydrogen) atoms. The summed E-state index contributed by atoms with van der Waals surface area (Å²) in [7, 11) is 0. The van der Waals surface area contributed by atoms with Gasteiger partial charge in [0.1, 0.15) is 11.2 Å². The second-order valence-corrected chi connectivity index (χ2v) is 9.35. The fraction of sp³-hybridized carbons (Fsp3) is 0.400. The minimum Gasteiger partial charge on any atom is -0.475 e. The topological polar surface area (TPSA) is 104 Å². The molecule has 3 aromatic heterocycles. The van der Waals surface area contributed by atoms with E-state index >= 15 is 0 Å². The number of likely N-dealkylation sites (tertiary alicyclic amines) is 1. The molecule has 0 aromatic carbocycles. The Morgan fingerprint density at radius 2 is 1.89 bits per heavy atom. The van der Waals surface area contributed by atoms with Crippen molar-refractivity contribution in [3.63, 3.8) is 0 Å². The van der Waals surface area contributed by atoms with Crippen molar-refractivity contribution in [3.05, 3.63) is 66.6 Å². The number of amides is 1. The number of hydrogen-bond acceptors (Lipinski definition) is 6. The molecule has 0 bridgehead atoms. The molecule has 196 valence electrons. The third kappa shape index (κ3) is 5.13. The summed E-state index contributed by atoms with van der Waals surface area (Å²) in [6, 6.07) is 8.41. The number of carboxylic acid groups (broad SMARTS) is 1. The summed E-state index contributed by atoms with van der Waals surface area (Å²) >= 11 is 0. The van der Waals surface area contributed by atoms with Crippen molar-refractivity contribution in [1.29, 1.82) is 0 Å². The maximum atomic E-state index is 13.1. The highest BCUT2D eigenvalue weighted by molar-refractivity contribution is 5.92. The van der Waals surface area contributed by atoms with E-state index in [9.17, 15) is 18.0 Å². The van der Waals surface area contributed by atoms with Crippen LogP contribution in [-0.4, -0.2) is 67.2 Å². The molecule has 1 unspecified atom stereocenters. The lowest BCUT2D eigenvalue weighted by Crippen LogP contribution is -2.53. The van der Waals surface area contributed by atoms with Crippen molar-refractivity contribution in [1.82, 2.24) is 24.4 Å². The maximum absolute atomic E-state index is 13.1. The standard InChI is InChI=1S/C23H26N6O.C2HF3O2/c1-17(2)7-13-29-19-5-3-9-26-21(19)28-12-4-6-20(28)23(29)8-14-27(16-23)22(30)18-15-24-10-11-25-18;3-2(4,5)1(6)7/h3-6,9-12,15,17H,7-8,13-14,16H2,1-2H3;(H,6,7). The highest BCUT2D eigenvalue weighted by Crippen LogP contribution is 2.47. The van der Waals surface area contributed by atoms with Gasteiger partial charge in [0.2, 0.25) is 0 Å². The van der Waals surface area contributed by atoms with Crippen LogP contribution in [0.15, 0.2) is 55.2 Å². The quantitative estimate of drug-likeness (QED) is 0.561. The molecule has 9 nitrogen and oxygen atoms in total. The van der Waals surface area contributed by atoms with Crippen molar-refractivity contribution in [2.24, 2.45) is 5.92 Å². The number of pyridine rings is 1. The molecule has 5 heterocycles. The molecule has 3 aromatic rings. The normalized spacial score (nSPS) is 18.3. The average molecular weight is 517 g/mol. The molecule has 1 N–H and O–H groups in total. The predicted molar refractivity (Wildman–Crippen MR) is 128 cm³/mol. The molecule has 12 heteroatoms. The fourth-order valence-corrected chi connectivity index (χ4v) is 4.79. The first-order chi connectivity index (χ1) is 17.5. The van der Waals surface area contributed by atoms with Gasteiger partial charge in [-0.15, -0.1) is 0 Å². The predicted octanol–water partition coefficient (Wildman–Crippen LogP) is 3.90. The number of anilines is 1.